The van der Waals surface area contributed by atoms with Crippen molar-refractivity contribution in [2.45, 2.75) is 13.1 Å². The van der Waals surface area contributed by atoms with E-state index in [0.29, 0.717) is 0 Å². The fraction of sp³-hybridized carbons (Fsp3) is 0.600. The van der Waals surface area contributed by atoms with Crippen LogP contribution < -0.4 is 0 Å². The Kier molecular flexibility index (Phi) is 2.41. The molecule has 0 N–H and O–H groups in total. The Balaban J connectivity index is 3.35. The highest BCUT2D eigenvalue weighted by atomic mass is 19.1. The maximum absolute atomic E-state index is 11.9. The third-order valence-electron chi connectivity index (χ3n) is 0.706. The number of allylic oxidation sites excluding steroid dienone is 1. The van der Waals surface area contributed by atoms with E-state index in [-0.39, 0.29) is 5.76 Å². The first-order chi connectivity index (χ1) is 3.18. The molecule has 0 radical (unpaired) electrons. The Bertz CT molecular complexity index is 68.5. The van der Waals surface area contributed by atoms with Gasteiger partial charge in [0.2, 0.25) is 0 Å². The molecule has 0 saturated carbocycles. The third-order valence-corrected chi connectivity index (χ3v) is 0.706. The van der Waals surface area contributed by atoms with Gasteiger partial charge in [-0.2, -0.15) is 0 Å². The van der Waals surface area contributed by atoms with Crippen molar-refractivity contribution in [3.05, 3.63) is 12.3 Å². The number of halogens is 1. The normalized spacial score (nSPS) is 13.0. The topological polar surface area (TPSA) is 9.23 Å². The summed E-state index contributed by atoms with van der Waals surface area (Å²) in [6.07, 6.45) is -1.05. The Morgan fingerprint density at radius 2 is 2.29 bits per heavy atom. The van der Waals surface area contributed by atoms with Crippen LogP contribution in [-0.4, -0.2) is 13.3 Å². The SMILES string of the molecule is C=C(OC)C(C)F. The Labute approximate surface area is 42.8 Å². The second-order valence-corrected chi connectivity index (χ2v) is 1.29. The van der Waals surface area contributed by atoms with Gasteiger partial charge in [0, 0.05) is 0 Å². The minimum Gasteiger partial charge on any atom is -0.499 e. The van der Waals surface area contributed by atoms with Crippen molar-refractivity contribution in [2.75, 3.05) is 7.11 Å². The maximum Gasteiger partial charge on any atom is 0.153 e. The lowest BCUT2D eigenvalue weighted by molar-refractivity contribution is 0.216. The van der Waals surface area contributed by atoms with Crippen LogP contribution in [0.4, 0.5) is 4.39 Å². The van der Waals surface area contributed by atoms with Crippen molar-refractivity contribution >= 4 is 0 Å². The largest absolute Gasteiger partial charge is 0.499 e. The van der Waals surface area contributed by atoms with E-state index in [1.807, 2.05) is 0 Å². The molecule has 0 rings (SSSR count). The van der Waals surface area contributed by atoms with E-state index in [0.717, 1.165) is 0 Å². The molecule has 0 aromatic rings. The summed E-state index contributed by atoms with van der Waals surface area (Å²) in [5.74, 6) is 0.181. The minimum absolute atomic E-state index is 0.181. The molecule has 1 unspecified atom stereocenters. The van der Waals surface area contributed by atoms with Crippen LogP contribution in [0.2, 0.25) is 0 Å². The molecule has 7 heavy (non-hydrogen) atoms. The first-order valence-corrected chi connectivity index (χ1v) is 2.05. The second-order valence-electron chi connectivity index (χ2n) is 1.29. The van der Waals surface area contributed by atoms with Gasteiger partial charge in [-0.25, -0.2) is 4.39 Å². The van der Waals surface area contributed by atoms with Crippen molar-refractivity contribution in [3.63, 3.8) is 0 Å². The summed E-state index contributed by atoms with van der Waals surface area (Å²) in [5, 5.41) is 0. The van der Waals surface area contributed by atoms with Crippen LogP contribution in [0.3, 0.4) is 0 Å². The van der Waals surface area contributed by atoms with Crippen LogP contribution in [0.25, 0.3) is 0 Å². The molecule has 0 heterocycles. The van der Waals surface area contributed by atoms with Gasteiger partial charge in [-0.05, 0) is 6.92 Å². The molecular weight excluding hydrogens is 95.1 g/mol. The fourth-order valence-corrected chi connectivity index (χ4v) is 0.162. The van der Waals surface area contributed by atoms with E-state index >= 15 is 0 Å². The van der Waals surface area contributed by atoms with Crippen molar-refractivity contribution in [3.8, 4) is 0 Å². The van der Waals surface area contributed by atoms with E-state index in [1.165, 1.54) is 14.0 Å². The van der Waals surface area contributed by atoms with Crippen LogP contribution in [-0.2, 0) is 4.74 Å². The minimum atomic E-state index is -1.05. The summed E-state index contributed by atoms with van der Waals surface area (Å²) in [4.78, 5) is 0. The molecule has 0 aromatic heterocycles. The Hall–Kier alpha value is -0.530. The third kappa shape index (κ3) is 2.20. The first kappa shape index (κ1) is 6.47. The molecular formula is C5H9FO. The molecule has 0 bridgehead atoms. The van der Waals surface area contributed by atoms with Gasteiger partial charge in [0.05, 0.1) is 7.11 Å². The van der Waals surface area contributed by atoms with Gasteiger partial charge < -0.3 is 4.74 Å². The van der Waals surface area contributed by atoms with E-state index in [4.69, 9.17) is 0 Å². The summed E-state index contributed by atoms with van der Waals surface area (Å²) in [5.41, 5.74) is 0. The predicted octanol–water partition coefficient (Wildman–Crippen LogP) is 1.50. The molecule has 0 amide bonds. The van der Waals surface area contributed by atoms with Crippen LogP contribution in [0.15, 0.2) is 12.3 Å². The monoisotopic (exact) mass is 104 g/mol. The van der Waals surface area contributed by atoms with Gasteiger partial charge >= 0.3 is 0 Å². The van der Waals surface area contributed by atoms with E-state index in [2.05, 4.69) is 11.3 Å². The Morgan fingerprint density at radius 1 is 1.86 bits per heavy atom. The number of hydrogen-bond donors (Lipinski definition) is 0. The van der Waals surface area contributed by atoms with Crippen molar-refractivity contribution in [1.29, 1.82) is 0 Å². The molecule has 0 aliphatic carbocycles. The van der Waals surface area contributed by atoms with E-state index in [1.54, 1.807) is 0 Å². The molecule has 0 saturated heterocycles. The lowest BCUT2D eigenvalue weighted by atomic mass is 10.4. The smallest absolute Gasteiger partial charge is 0.153 e. The van der Waals surface area contributed by atoms with Gasteiger partial charge in [-0.3, -0.25) is 0 Å². The highest BCUT2D eigenvalue weighted by Gasteiger charge is 1.99. The van der Waals surface area contributed by atoms with Gasteiger partial charge in [0.25, 0.3) is 0 Å². The van der Waals surface area contributed by atoms with E-state index < -0.39 is 6.17 Å². The molecule has 42 valence electrons. The highest BCUT2D eigenvalue weighted by molar-refractivity contribution is 4.87. The predicted molar refractivity (Wildman–Crippen MR) is 26.7 cm³/mol. The van der Waals surface area contributed by atoms with Crippen LogP contribution >= 0.6 is 0 Å². The highest BCUT2D eigenvalue weighted by Crippen LogP contribution is 2.01. The fourth-order valence-electron chi connectivity index (χ4n) is 0.162. The number of hydrogen-bond acceptors (Lipinski definition) is 1. The number of rotatable bonds is 2. The molecule has 0 aliphatic heterocycles. The zero-order chi connectivity index (χ0) is 5.86. The molecule has 0 fully saturated rings. The van der Waals surface area contributed by atoms with Crippen LogP contribution in [0.1, 0.15) is 6.92 Å². The first-order valence-electron chi connectivity index (χ1n) is 2.05. The molecule has 1 atom stereocenters. The number of ether oxygens (including phenoxy) is 1. The molecule has 0 aliphatic rings. The molecule has 1 nitrogen and oxygen atoms in total. The zero-order valence-electron chi connectivity index (χ0n) is 4.57. The Morgan fingerprint density at radius 3 is 2.29 bits per heavy atom. The summed E-state index contributed by atoms with van der Waals surface area (Å²) in [7, 11) is 1.40. The van der Waals surface area contributed by atoms with Gasteiger partial charge in [-0.15, -0.1) is 0 Å². The van der Waals surface area contributed by atoms with Crippen LogP contribution in [0, 0.1) is 0 Å². The molecule has 2 heteroatoms. The molecule has 0 aromatic carbocycles. The average molecular weight is 104 g/mol. The van der Waals surface area contributed by atoms with Crippen LogP contribution in [0.5, 0.6) is 0 Å². The zero-order valence-corrected chi connectivity index (χ0v) is 4.57. The summed E-state index contributed by atoms with van der Waals surface area (Å²) in [6.45, 7) is 4.66. The number of methoxy groups -OCH3 is 1. The van der Waals surface area contributed by atoms with Crippen molar-refractivity contribution < 1.29 is 9.13 Å². The van der Waals surface area contributed by atoms with Gasteiger partial charge in [0.15, 0.2) is 6.17 Å². The quantitative estimate of drug-likeness (QED) is 0.482. The second kappa shape index (κ2) is 2.61. The summed E-state index contributed by atoms with van der Waals surface area (Å²) in [6, 6.07) is 0. The number of alkyl halides is 1. The standard InChI is InChI=1S/C5H9FO/c1-4(6)5(2)7-3/h4H,2H2,1,3H3. The maximum atomic E-state index is 11.9. The average Bonchev–Trinajstić information content (AvgIpc) is 1.65. The lowest BCUT2D eigenvalue weighted by Gasteiger charge is -2.01. The summed E-state index contributed by atoms with van der Waals surface area (Å²) >= 11 is 0. The molecule has 0 spiro atoms. The van der Waals surface area contributed by atoms with Gasteiger partial charge in [-0.1, -0.05) is 6.58 Å². The summed E-state index contributed by atoms with van der Waals surface area (Å²) < 4.78 is 16.3. The van der Waals surface area contributed by atoms with E-state index in [9.17, 15) is 4.39 Å². The van der Waals surface area contributed by atoms with Crippen molar-refractivity contribution in [2.24, 2.45) is 0 Å². The van der Waals surface area contributed by atoms with Crippen molar-refractivity contribution in [1.82, 2.24) is 0 Å². The van der Waals surface area contributed by atoms with Gasteiger partial charge in [0.1, 0.15) is 5.76 Å². The lowest BCUT2D eigenvalue weighted by Crippen LogP contribution is -1.97.